The van der Waals surface area contributed by atoms with E-state index >= 15 is 0 Å². The molecule has 1 aromatic heterocycles. The molecule has 2 rings (SSSR count). The van der Waals surface area contributed by atoms with Crippen LogP contribution in [0.1, 0.15) is 49.8 Å². The van der Waals surface area contributed by atoms with E-state index in [0.29, 0.717) is 6.42 Å². The fraction of sp³-hybridized carbons (Fsp3) is 0.556. The molecule has 0 bridgehead atoms. The van der Waals surface area contributed by atoms with Crippen molar-refractivity contribution in [3.8, 4) is 0 Å². The molecule has 4 heteroatoms. The first-order valence-electron chi connectivity index (χ1n) is 8.24. The molecule has 0 fully saturated rings. The number of methoxy groups -OCH3 is 1. The number of unbranched alkanes of at least 4 members (excludes halogenated alkanes) is 2. The number of aryl methyl sites for hydroxylation is 2. The average molecular weight is 302 g/mol. The molecule has 0 saturated heterocycles. The van der Waals surface area contributed by atoms with Crippen LogP contribution in [0.2, 0.25) is 0 Å². The van der Waals surface area contributed by atoms with Crippen molar-refractivity contribution in [1.82, 2.24) is 4.98 Å². The number of carbonyl (C=O) groups is 1. The second-order valence-electron chi connectivity index (χ2n) is 5.67. The van der Waals surface area contributed by atoms with Gasteiger partial charge in [0.25, 0.3) is 0 Å². The third kappa shape index (κ3) is 5.51. The number of esters is 1. The number of anilines is 1. The van der Waals surface area contributed by atoms with E-state index in [2.05, 4.69) is 34.3 Å². The monoisotopic (exact) mass is 302 g/mol. The van der Waals surface area contributed by atoms with Gasteiger partial charge in [-0.3, -0.25) is 4.79 Å². The molecule has 0 aliphatic carbocycles. The second-order valence-corrected chi connectivity index (χ2v) is 5.67. The van der Waals surface area contributed by atoms with Gasteiger partial charge < -0.3 is 10.1 Å². The first-order chi connectivity index (χ1) is 10.8. The van der Waals surface area contributed by atoms with Gasteiger partial charge in [0.2, 0.25) is 0 Å². The Labute approximate surface area is 133 Å². The standard InChI is InChI=1S/C18H26N2O2/c1-22-17(21)11-7-5-3-2-4-6-10-16-13-12-15-9-8-14-19-18(15)20-16/h3,5,12-13H,2,4,6-11,14H2,1H3,(H,19,20)/b5-3+. The van der Waals surface area contributed by atoms with Crippen molar-refractivity contribution in [1.29, 1.82) is 0 Å². The Morgan fingerprint density at radius 3 is 3.05 bits per heavy atom. The highest BCUT2D eigenvalue weighted by molar-refractivity contribution is 5.69. The summed E-state index contributed by atoms with van der Waals surface area (Å²) in [5.74, 6) is 0.947. The van der Waals surface area contributed by atoms with Crippen LogP contribution < -0.4 is 5.32 Å². The third-order valence-electron chi connectivity index (χ3n) is 3.91. The van der Waals surface area contributed by atoms with E-state index < -0.39 is 0 Å². The lowest BCUT2D eigenvalue weighted by molar-refractivity contribution is -0.140. The van der Waals surface area contributed by atoms with Crippen molar-refractivity contribution in [2.24, 2.45) is 0 Å². The first-order valence-corrected chi connectivity index (χ1v) is 8.24. The fourth-order valence-electron chi connectivity index (χ4n) is 2.62. The van der Waals surface area contributed by atoms with Gasteiger partial charge in [0.1, 0.15) is 5.82 Å². The number of rotatable bonds is 8. The zero-order valence-electron chi connectivity index (χ0n) is 13.4. The van der Waals surface area contributed by atoms with E-state index in [0.717, 1.165) is 50.9 Å². The average Bonchev–Trinajstić information content (AvgIpc) is 2.56. The van der Waals surface area contributed by atoms with E-state index in [-0.39, 0.29) is 5.97 Å². The highest BCUT2D eigenvalue weighted by atomic mass is 16.5. The summed E-state index contributed by atoms with van der Waals surface area (Å²) < 4.78 is 4.60. The SMILES string of the molecule is COC(=O)CC/C=C/CCCCc1ccc2c(n1)NCCC2. The van der Waals surface area contributed by atoms with Crippen LogP contribution >= 0.6 is 0 Å². The minimum absolute atomic E-state index is 0.142. The third-order valence-corrected chi connectivity index (χ3v) is 3.91. The molecule has 0 amide bonds. The van der Waals surface area contributed by atoms with Gasteiger partial charge in [-0.25, -0.2) is 4.98 Å². The van der Waals surface area contributed by atoms with Crippen molar-refractivity contribution >= 4 is 11.8 Å². The van der Waals surface area contributed by atoms with Crippen LogP contribution in [-0.2, 0) is 22.4 Å². The summed E-state index contributed by atoms with van der Waals surface area (Å²) >= 11 is 0. The first kappa shape index (κ1) is 16.5. The van der Waals surface area contributed by atoms with Crippen molar-refractivity contribution < 1.29 is 9.53 Å². The van der Waals surface area contributed by atoms with E-state index in [9.17, 15) is 4.79 Å². The molecular formula is C18H26N2O2. The topological polar surface area (TPSA) is 51.2 Å². The van der Waals surface area contributed by atoms with Crippen molar-refractivity contribution in [3.05, 3.63) is 35.5 Å². The molecule has 0 atom stereocenters. The highest BCUT2D eigenvalue weighted by Gasteiger charge is 2.09. The number of nitrogens with one attached hydrogen (secondary N) is 1. The van der Waals surface area contributed by atoms with Crippen molar-refractivity contribution in [2.75, 3.05) is 19.0 Å². The molecule has 0 aromatic carbocycles. The van der Waals surface area contributed by atoms with Gasteiger partial charge in [-0.1, -0.05) is 18.2 Å². The quantitative estimate of drug-likeness (QED) is 0.452. The summed E-state index contributed by atoms with van der Waals surface area (Å²) in [6, 6.07) is 4.38. The molecule has 1 N–H and O–H groups in total. The van der Waals surface area contributed by atoms with Crippen LogP contribution in [0, 0.1) is 0 Å². The molecule has 2 heterocycles. The van der Waals surface area contributed by atoms with Crippen LogP contribution in [0.25, 0.3) is 0 Å². The van der Waals surface area contributed by atoms with Crippen molar-refractivity contribution in [2.45, 2.75) is 51.4 Å². The minimum Gasteiger partial charge on any atom is -0.469 e. The van der Waals surface area contributed by atoms with Crippen LogP contribution in [0.5, 0.6) is 0 Å². The lowest BCUT2D eigenvalue weighted by Crippen LogP contribution is -2.13. The molecule has 0 spiro atoms. The number of fused-ring (bicyclic) bond motifs is 1. The van der Waals surface area contributed by atoms with Crippen molar-refractivity contribution in [3.63, 3.8) is 0 Å². The number of aromatic nitrogens is 1. The molecule has 1 aliphatic rings. The molecule has 0 saturated carbocycles. The van der Waals surface area contributed by atoms with E-state index in [1.807, 2.05) is 0 Å². The molecule has 22 heavy (non-hydrogen) atoms. The lowest BCUT2D eigenvalue weighted by Gasteiger charge is -2.17. The predicted molar refractivity (Wildman–Crippen MR) is 89.0 cm³/mol. The Bertz CT molecular complexity index is 512. The molecule has 1 aliphatic heterocycles. The van der Waals surface area contributed by atoms with Crippen LogP contribution in [-0.4, -0.2) is 24.6 Å². The number of hydrogen-bond acceptors (Lipinski definition) is 4. The minimum atomic E-state index is -0.142. The second kappa shape index (κ2) is 9.23. The summed E-state index contributed by atoms with van der Waals surface area (Å²) in [6.45, 7) is 1.04. The van der Waals surface area contributed by atoms with E-state index in [4.69, 9.17) is 4.98 Å². The number of ether oxygens (including phenoxy) is 1. The number of pyridine rings is 1. The predicted octanol–water partition coefficient (Wildman–Crippen LogP) is 3.66. The largest absolute Gasteiger partial charge is 0.469 e. The summed E-state index contributed by atoms with van der Waals surface area (Å²) in [7, 11) is 1.43. The zero-order chi connectivity index (χ0) is 15.6. The van der Waals surface area contributed by atoms with Gasteiger partial charge in [-0.15, -0.1) is 0 Å². The summed E-state index contributed by atoms with van der Waals surface area (Å²) in [6.07, 6.45) is 12.2. The van der Waals surface area contributed by atoms with Gasteiger partial charge in [0, 0.05) is 18.7 Å². The van der Waals surface area contributed by atoms with Gasteiger partial charge in [0.05, 0.1) is 7.11 Å². The summed E-state index contributed by atoms with van der Waals surface area (Å²) in [5, 5.41) is 3.38. The molecular weight excluding hydrogens is 276 g/mol. The highest BCUT2D eigenvalue weighted by Crippen LogP contribution is 2.20. The van der Waals surface area contributed by atoms with Gasteiger partial charge >= 0.3 is 5.97 Å². The normalized spacial score (nSPS) is 13.7. The smallest absolute Gasteiger partial charge is 0.305 e. The maximum absolute atomic E-state index is 10.9. The molecule has 120 valence electrons. The maximum Gasteiger partial charge on any atom is 0.305 e. The van der Waals surface area contributed by atoms with Crippen LogP contribution in [0.4, 0.5) is 5.82 Å². The Kier molecular flexibility index (Phi) is 6.94. The van der Waals surface area contributed by atoms with E-state index in [1.165, 1.54) is 24.8 Å². The molecule has 0 unspecified atom stereocenters. The summed E-state index contributed by atoms with van der Waals surface area (Å²) in [5.41, 5.74) is 2.53. The Balaban J connectivity index is 1.61. The Morgan fingerprint density at radius 1 is 1.32 bits per heavy atom. The van der Waals surface area contributed by atoms with Gasteiger partial charge in [0.15, 0.2) is 0 Å². The fourth-order valence-corrected chi connectivity index (χ4v) is 2.62. The number of nitrogens with zero attached hydrogens (tertiary/aromatic N) is 1. The van der Waals surface area contributed by atoms with Gasteiger partial charge in [-0.2, -0.15) is 0 Å². The van der Waals surface area contributed by atoms with E-state index in [1.54, 1.807) is 0 Å². The van der Waals surface area contributed by atoms with Crippen LogP contribution in [0.3, 0.4) is 0 Å². The molecule has 0 radical (unpaired) electrons. The number of carbonyl (C=O) groups excluding carboxylic acids is 1. The number of hydrogen-bond donors (Lipinski definition) is 1. The van der Waals surface area contributed by atoms with Crippen LogP contribution in [0.15, 0.2) is 24.3 Å². The Morgan fingerprint density at radius 2 is 2.18 bits per heavy atom. The maximum atomic E-state index is 10.9. The molecule has 4 nitrogen and oxygen atoms in total. The zero-order valence-corrected chi connectivity index (χ0v) is 13.4. The Hall–Kier alpha value is -1.84. The van der Waals surface area contributed by atoms with Gasteiger partial charge in [-0.05, 0) is 56.6 Å². The molecule has 1 aromatic rings. The number of allylic oxidation sites excluding steroid dienone is 2. The lowest BCUT2D eigenvalue weighted by atomic mass is 10.1. The summed E-state index contributed by atoms with van der Waals surface area (Å²) in [4.78, 5) is 15.6.